The molecular weight excluding hydrogens is 592 g/mol. The number of benzene rings is 3. The van der Waals surface area contributed by atoms with Gasteiger partial charge in [-0.15, -0.1) is 0 Å². The molecule has 3 aromatic carbocycles. The standard InChI is InChI=1S/C34H34N4O8/c1-42-29-11-8-23-15-26(29)22-4-3-5-25(14-22)44-20-31(39)35-16-21-6-9-24(10-7-21)46-30-12-13-38(17-27(30)37-33(23)40)18-32-36-28(19-45-32)34(41)43-2/h3-11,14-15,19,27,30H,12-13,16-18,20H2,1-2H3,(H,35,39)(H,37,40)/t27-,30-/m1/s1. The van der Waals surface area contributed by atoms with Gasteiger partial charge in [0.1, 0.15) is 29.6 Å². The summed E-state index contributed by atoms with van der Waals surface area (Å²) in [6.45, 7) is 1.61. The van der Waals surface area contributed by atoms with Gasteiger partial charge in [0.15, 0.2) is 12.3 Å². The SMILES string of the molecule is COC(=O)c1coc(CN2CC[C@H]3Oc4ccc(cc4)CNC(=O)COc4cccc(c4)-c4cc(ccc4OC)C(=O)N[C@@H]3C2)n1. The summed E-state index contributed by atoms with van der Waals surface area (Å²) in [5.41, 5.74) is 2.90. The summed E-state index contributed by atoms with van der Waals surface area (Å²) in [6.07, 6.45) is 1.55. The molecule has 6 bridgehead atoms. The smallest absolute Gasteiger partial charge is 0.360 e. The zero-order chi connectivity index (χ0) is 32.0. The Balaban J connectivity index is 1.30. The number of rotatable bonds is 4. The Morgan fingerprint density at radius 2 is 1.87 bits per heavy atom. The van der Waals surface area contributed by atoms with Crippen LogP contribution in [0, 0.1) is 0 Å². The largest absolute Gasteiger partial charge is 0.496 e. The Morgan fingerprint density at radius 1 is 1.02 bits per heavy atom. The van der Waals surface area contributed by atoms with Crippen molar-refractivity contribution in [3.05, 3.63) is 95.7 Å². The number of nitrogens with one attached hydrogen (secondary N) is 2. The van der Waals surface area contributed by atoms with Crippen LogP contribution in [0.1, 0.15) is 38.7 Å². The molecule has 7 rings (SSSR count). The number of fused-ring (bicyclic) bond motifs is 7. The number of hydrogen-bond donors (Lipinski definition) is 2. The lowest BCUT2D eigenvalue weighted by Gasteiger charge is -2.38. The number of nitrogens with zero attached hydrogens (tertiary/aromatic N) is 2. The highest BCUT2D eigenvalue weighted by molar-refractivity contribution is 5.96. The van der Waals surface area contributed by atoms with Crippen molar-refractivity contribution in [2.24, 2.45) is 0 Å². The molecule has 46 heavy (non-hydrogen) atoms. The summed E-state index contributed by atoms with van der Waals surface area (Å²) in [5, 5.41) is 6.08. The van der Waals surface area contributed by atoms with E-state index in [2.05, 4.69) is 20.5 Å². The highest BCUT2D eigenvalue weighted by Crippen LogP contribution is 2.33. The number of methoxy groups -OCH3 is 2. The van der Waals surface area contributed by atoms with Crippen LogP contribution < -0.4 is 24.8 Å². The summed E-state index contributed by atoms with van der Waals surface area (Å²) in [7, 11) is 2.86. The van der Waals surface area contributed by atoms with Gasteiger partial charge in [-0.1, -0.05) is 24.3 Å². The fourth-order valence-corrected chi connectivity index (χ4v) is 5.54. The summed E-state index contributed by atoms with van der Waals surface area (Å²) >= 11 is 0. The maximum Gasteiger partial charge on any atom is 0.360 e. The second-order valence-corrected chi connectivity index (χ2v) is 11.0. The molecule has 0 spiro atoms. The summed E-state index contributed by atoms with van der Waals surface area (Å²) in [6, 6.07) is 19.6. The van der Waals surface area contributed by atoms with Gasteiger partial charge >= 0.3 is 5.97 Å². The van der Waals surface area contributed by atoms with Gasteiger partial charge in [0.2, 0.25) is 5.89 Å². The zero-order valence-electron chi connectivity index (χ0n) is 25.5. The third-order valence-corrected chi connectivity index (χ3v) is 7.93. The number of esters is 1. The topological polar surface area (TPSA) is 141 Å². The van der Waals surface area contributed by atoms with Gasteiger partial charge in [0, 0.05) is 30.8 Å². The van der Waals surface area contributed by atoms with Crippen LogP contribution in [0.15, 0.2) is 77.4 Å². The number of ether oxygens (including phenoxy) is 4. The van der Waals surface area contributed by atoms with Crippen LogP contribution in [0.5, 0.6) is 17.2 Å². The van der Waals surface area contributed by atoms with Gasteiger partial charge in [-0.05, 0) is 60.0 Å². The quantitative estimate of drug-likeness (QED) is 0.323. The number of carbonyl (C=O) groups excluding carboxylic acids is 3. The van der Waals surface area contributed by atoms with E-state index in [1.807, 2.05) is 36.4 Å². The van der Waals surface area contributed by atoms with Gasteiger partial charge < -0.3 is 34.0 Å². The molecular formula is C34H34N4O8. The highest BCUT2D eigenvalue weighted by Gasteiger charge is 2.33. The van der Waals surface area contributed by atoms with Crippen molar-refractivity contribution in [1.82, 2.24) is 20.5 Å². The fourth-order valence-electron chi connectivity index (χ4n) is 5.54. The van der Waals surface area contributed by atoms with E-state index in [1.54, 1.807) is 37.4 Å². The molecule has 0 unspecified atom stereocenters. The van der Waals surface area contributed by atoms with E-state index in [-0.39, 0.29) is 30.2 Å². The average molecular weight is 627 g/mol. The third-order valence-electron chi connectivity index (χ3n) is 7.93. The highest BCUT2D eigenvalue weighted by atomic mass is 16.5. The number of oxazole rings is 1. The lowest BCUT2D eigenvalue weighted by atomic mass is 9.99. The first-order valence-corrected chi connectivity index (χ1v) is 14.9. The Morgan fingerprint density at radius 3 is 2.67 bits per heavy atom. The first kappa shape index (κ1) is 30.7. The minimum Gasteiger partial charge on any atom is -0.496 e. The minimum atomic E-state index is -0.573. The second-order valence-electron chi connectivity index (χ2n) is 11.0. The van der Waals surface area contributed by atoms with Crippen LogP contribution in [0.2, 0.25) is 0 Å². The van der Waals surface area contributed by atoms with Crippen molar-refractivity contribution in [3.63, 3.8) is 0 Å². The number of piperidine rings is 1. The van der Waals surface area contributed by atoms with Gasteiger partial charge in [0.25, 0.3) is 11.8 Å². The number of carbonyl (C=O) groups is 3. The molecule has 4 aromatic rings. The first-order valence-electron chi connectivity index (χ1n) is 14.9. The normalized spacial score (nSPS) is 18.7. The van der Waals surface area contributed by atoms with E-state index in [0.29, 0.717) is 66.9 Å². The Bertz CT molecular complexity index is 1720. The first-order chi connectivity index (χ1) is 22.4. The Hall–Kier alpha value is -5.36. The molecule has 2 amide bonds. The van der Waals surface area contributed by atoms with Crippen molar-refractivity contribution in [2.75, 3.05) is 33.9 Å². The van der Waals surface area contributed by atoms with Crippen LogP contribution in [0.4, 0.5) is 0 Å². The molecule has 4 heterocycles. The molecule has 2 N–H and O–H groups in total. The van der Waals surface area contributed by atoms with Gasteiger partial charge in [-0.3, -0.25) is 14.5 Å². The summed E-state index contributed by atoms with van der Waals surface area (Å²) in [4.78, 5) is 44.5. The third kappa shape index (κ3) is 7.13. The lowest BCUT2D eigenvalue weighted by molar-refractivity contribution is -0.123. The van der Waals surface area contributed by atoms with E-state index < -0.39 is 12.0 Å². The van der Waals surface area contributed by atoms with Crippen molar-refractivity contribution in [2.45, 2.75) is 31.7 Å². The molecule has 12 heteroatoms. The van der Waals surface area contributed by atoms with Crippen molar-refractivity contribution in [3.8, 4) is 28.4 Å². The molecule has 2 atom stereocenters. The van der Waals surface area contributed by atoms with E-state index in [1.165, 1.54) is 13.4 Å². The predicted molar refractivity (Wildman–Crippen MR) is 166 cm³/mol. The van der Waals surface area contributed by atoms with Gasteiger partial charge in [0.05, 0.1) is 26.8 Å². The number of aromatic nitrogens is 1. The van der Waals surface area contributed by atoms with Crippen LogP contribution in [-0.4, -0.2) is 73.7 Å². The Labute approximate surface area is 265 Å². The number of hydrogen-bond acceptors (Lipinski definition) is 10. The molecule has 1 saturated heterocycles. The van der Waals surface area contributed by atoms with Crippen molar-refractivity contribution in [1.29, 1.82) is 0 Å². The maximum absolute atomic E-state index is 13.8. The maximum atomic E-state index is 13.8. The van der Waals surface area contributed by atoms with E-state index >= 15 is 0 Å². The minimum absolute atomic E-state index is 0.0991. The average Bonchev–Trinajstić information content (AvgIpc) is 3.55. The monoisotopic (exact) mass is 626 g/mol. The lowest BCUT2D eigenvalue weighted by Crippen LogP contribution is -2.56. The summed E-state index contributed by atoms with van der Waals surface area (Å²) < 4.78 is 28.1. The van der Waals surface area contributed by atoms with Crippen LogP contribution in [0.3, 0.4) is 0 Å². The number of amides is 2. The second kappa shape index (κ2) is 13.7. The van der Waals surface area contributed by atoms with Crippen LogP contribution in [0.25, 0.3) is 11.1 Å². The summed E-state index contributed by atoms with van der Waals surface area (Å²) in [5.74, 6) is 1.00. The molecule has 238 valence electrons. The number of likely N-dealkylation sites (tertiary alicyclic amines) is 1. The van der Waals surface area contributed by atoms with E-state index in [9.17, 15) is 14.4 Å². The molecule has 3 aliphatic heterocycles. The zero-order valence-corrected chi connectivity index (χ0v) is 25.5. The van der Waals surface area contributed by atoms with Crippen molar-refractivity contribution < 1.29 is 37.7 Å². The fraction of sp³-hybridized carbons (Fsp3) is 0.294. The van der Waals surface area contributed by atoms with Crippen molar-refractivity contribution >= 4 is 17.8 Å². The Kier molecular flexibility index (Phi) is 9.15. The molecule has 0 saturated carbocycles. The molecule has 12 nitrogen and oxygen atoms in total. The van der Waals surface area contributed by atoms with Gasteiger partial charge in [-0.2, -0.15) is 0 Å². The molecule has 1 fully saturated rings. The molecule has 3 aliphatic rings. The molecule has 1 aromatic heterocycles. The van der Waals surface area contributed by atoms with Crippen LogP contribution >= 0.6 is 0 Å². The van der Waals surface area contributed by atoms with Crippen LogP contribution in [-0.2, 0) is 22.6 Å². The van der Waals surface area contributed by atoms with E-state index in [4.69, 9.17) is 23.4 Å². The molecule has 0 radical (unpaired) electrons. The molecule has 0 aliphatic carbocycles. The van der Waals surface area contributed by atoms with Gasteiger partial charge in [-0.25, -0.2) is 9.78 Å². The predicted octanol–water partition coefficient (Wildman–Crippen LogP) is 3.60. The van der Waals surface area contributed by atoms with E-state index in [0.717, 1.165) is 11.1 Å².